The first-order chi connectivity index (χ1) is 10.9. The van der Waals surface area contributed by atoms with Gasteiger partial charge in [0, 0.05) is 6.42 Å². The van der Waals surface area contributed by atoms with Gasteiger partial charge in [0.05, 0.1) is 12.2 Å². The first-order valence-corrected chi connectivity index (χ1v) is 8.27. The summed E-state index contributed by atoms with van der Waals surface area (Å²) in [5.74, 6) is -0.187. The summed E-state index contributed by atoms with van der Waals surface area (Å²) in [7, 11) is 0. The SMILES string of the molecule is CCOC(=O)CCCCc1ccc(C2CCC2)c(C(F)(F)F)c1. The Hall–Kier alpha value is -1.52. The minimum absolute atomic E-state index is 0.0597. The van der Waals surface area contributed by atoms with Crippen LogP contribution in [-0.2, 0) is 22.1 Å². The van der Waals surface area contributed by atoms with Crippen molar-refractivity contribution in [3.05, 3.63) is 34.9 Å². The van der Waals surface area contributed by atoms with Crippen LogP contribution in [0.4, 0.5) is 13.2 Å². The second-order valence-electron chi connectivity index (χ2n) is 6.06. The highest BCUT2D eigenvalue weighted by atomic mass is 19.4. The maximum absolute atomic E-state index is 13.3. The lowest BCUT2D eigenvalue weighted by atomic mass is 9.77. The number of ether oxygens (including phenoxy) is 1. The van der Waals surface area contributed by atoms with E-state index in [1.54, 1.807) is 19.1 Å². The molecule has 23 heavy (non-hydrogen) atoms. The van der Waals surface area contributed by atoms with Crippen LogP contribution in [0.5, 0.6) is 0 Å². The number of halogens is 3. The van der Waals surface area contributed by atoms with Gasteiger partial charge in [0.1, 0.15) is 0 Å². The minimum atomic E-state index is -4.30. The molecular weight excluding hydrogens is 305 g/mol. The Morgan fingerprint density at radius 1 is 1.26 bits per heavy atom. The van der Waals surface area contributed by atoms with E-state index in [-0.39, 0.29) is 11.9 Å². The maximum atomic E-state index is 13.3. The van der Waals surface area contributed by atoms with E-state index in [9.17, 15) is 18.0 Å². The molecule has 0 saturated heterocycles. The van der Waals surface area contributed by atoms with Crippen molar-refractivity contribution in [1.29, 1.82) is 0 Å². The van der Waals surface area contributed by atoms with Gasteiger partial charge in [0.15, 0.2) is 0 Å². The quantitative estimate of drug-likeness (QED) is 0.505. The van der Waals surface area contributed by atoms with Crippen LogP contribution >= 0.6 is 0 Å². The van der Waals surface area contributed by atoms with E-state index >= 15 is 0 Å². The zero-order valence-corrected chi connectivity index (χ0v) is 13.4. The topological polar surface area (TPSA) is 26.3 Å². The van der Waals surface area contributed by atoms with E-state index in [1.807, 2.05) is 0 Å². The molecule has 0 radical (unpaired) electrons. The van der Waals surface area contributed by atoms with Crippen molar-refractivity contribution in [1.82, 2.24) is 0 Å². The van der Waals surface area contributed by atoms with Gasteiger partial charge in [0.25, 0.3) is 0 Å². The molecule has 1 aliphatic carbocycles. The molecule has 0 atom stereocenters. The Bertz CT molecular complexity index is 534. The number of carbonyl (C=O) groups is 1. The van der Waals surface area contributed by atoms with Crippen LogP contribution < -0.4 is 0 Å². The van der Waals surface area contributed by atoms with Crippen molar-refractivity contribution < 1.29 is 22.7 Å². The second kappa shape index (κ2) is 7.84. The number of benzene rings is 1. The van der Waals surface area contributed by atoms with E-state index in [0.717, 1.165) is 19.3 Å². The summed E-state index contributed by atoms with van der Waals surface area (Å²) in [6.45, 7) is 2.11. The van der Waals surface area contributed by atoms with Gasteiger partial charge in [-0.3, -0.25) is 4.79 Å². The molecule has 0 aromatic heterocycles. The number of unbranched alkanes of at least 4 members (excludes halogenated alkanes) is 1. The summed E-state index contributed by atoms with van der Waals surface area (Å²) >= 11 is 0. The lowest BCUT2D eigenvalue weighted by Crippen LogP contribution is -2.17. The first-order valence-electron chi connectivity index (χ1n) is 8.27. The predicted molar refractivity (Wildman–Crippen MR) is 82.2 cm³/mol. The molecular formula is C18H23F3O2. The van der Waals surface area contributed by atoms with Crippen LogP contribution in [0.15, 0.2) is 18.2 Å². The third-order valence-corrected chi connectivity index (χ3v) is 4.37. The Morgan fingerprint density at radius 2 is 2.00 bits per heavy atom. The molecule has 5 heteroatoms. The molecule has 2 rings (SSSR count). The summed E-state index contributed by atoms with van der Waals surface area (Å²) in [5.41, 5.74) is 0.647. The second-order valence-corrected chi connectivity index (χ2v) is 6.06. The van der Waals surface area contributed by atoms with Gasteiger partial charge in [-0.1, -0.05) is 18.6 Å². The Labute approximate surface area is 135 Å². The van der Waals surface area contributed by atoms with Crippen molar-refractivity contribution in [2.45, 2.75) is 64.0 Å². The van der Waals surface area contributed by atoms with Gasteiger partial charge < -0.3 is 4.74 Å². The van der Waals surface area contributed by atoms with E-state index in [0.29, 0.717) is 43.4 Å². The first kappa shape index (κ1) is 17.8. The monoisotopic (exact) mass is 328 g/mol. The third-order valence-electron chi connectivity index (χ3n) is 4.37. The Balaban J connectivity index is 1.96. The molecule has 0 N–H and O–H groups in total. The fraction of sp³-hybridized carbons (Fsp3) is 0.611. The van der Waals surface area contributed by atoms with Crippen molar-refractivity contribution >= 4 is 5.97 Å². The Kier molecular flexibility index (Phi) is 6.08. The van der Waals surface area contributed by atoms with Crippen molar-refractivity contribution in [3.8, 4) is 0 Å². The molecule has 0 amide bonds. The van der Waals surface area contributed by atoms with Gasteiger partial charge in [-0.15, -0.1) is 0 Å². The van der Waals surface area contributed by atoms with Gasteiger partial charge in [-0.05, 0) is 62.1 Å². The smallest absolute Gasteiger partial charge is 0.416 e. The van der Waals surface area contributed by atoms with Gasteiger partial charge in [0.2, 0.25) is 0 Å². The lowest BCUT2D eigenvalue weighted by Gasteiger charge is -2.29. The summed E-state index contributed by atoms with van der Waals surface area (Å²) in [6, 6.07) is 4.73. The number of hydrogen-bond donors (Lipinski definition) is 0. The van der Waals surface area contributed by atoms with Crippen LogP contribution in [0.25, 0.3) is 0 Å². The number of rotatable bonds is 7. The van der Waals surface area contributed by atoms with Crippen LogP contribution in [0.1, 0.15) is 68.1 Å². The highest BCUT2D eigenvalue weighted by Crippen LogP contribution is 2.43. The molecule has 1 aliphatic rings. The van der Waals surface area contributed by atoms with Gasteiger partial charge in [-0.25, -0.2) is 0 Å². The van der Waals surface area contributed by atoms with Crippen molar-refractivity contribution in [2.75, 3.05) is 6.61 Å². The average Bonchev–Trinajstić information content (AvgIpc) is 2.42. The third kappa shape index (κ3) is 4.98. The summed E-state index contributed by atoms with van der Waals surface area (Å²) in [6.07, 6.45) is 0.588. The number of hydrogen-bond acceptors (Lipinski definition) is 2. The molecule has 1 saturated carbocycles. The molecule has 1 fully saturated rings. The fourth-order valence-electron chi connectivity index (χ4n) is 2.91. The Morgan fingerprint density at radius 3 is 2.57 bits per heavy atom. The highest BCUT2D eigenvalue weighted by molar-refractivity contribution is 5.69. The normalized spacial score (nSPS) is 15.3. The molecule has 0 unspecified atom stereocenters. The molecule has 0 heterocycles. The summed E-state index contributed by atoms with van der Waals surface area (Å²) < 4.78 is 44.6. The lowest BCUT2D eigenvalue weighted by molar-refractivity contribution is -0.143. The van der Waals surface area contributed by atoms with Gasteiger partial charge in [-0.2, -0.15) is 13.2 Å². The van der Waals surface area contributed by atoms with Gasteiger partial charge >= 0.3 is 12.1 Å². The van der Waals surface area contributed by atoms with Crippen LogP contribution in [0.2, 0.25) is 0 Å². The van der Waals surface area contributed by atoms with Crippen molar-refractivity contribution in [2.24, 2.45) is 0 Å². The van der Waals surface area contributed by atoms with E-state index in [4.69, 9.17) is 4.74 Å². The van der Waals surface area contributed by atoms with Crippen molar-refractivity contribution in [3.63, 3.8) is 0 Å². The van der Waals surface area contributed by atoms with E-state index < -0.39 is 11.7 Å². The predicted octanol–water partition coefficient (Wildman–Crippen LogP) is 5.25. The van der Waals surface area contributed by atoms with Crippen LogP contribution in [0, 0.1) is 0 Å². The molecule has 1 aromatic carbocycles. The highest BCUT2D eigenvalue weighted by Gasteiger charge is 2.36. The van der Waals surface area contributed by atoms with Crippen LogP contribution in [0.3, 0.4) is 0 Å². The molecule has 0 aliphatic heterocycles. The number of carbonyl (C=O) groups excluding carboxylic acids is 1. The van der Waals surface area contributed by atoms with E-state index in [2.05, 4.69) is 0 Å². The summed E-state index contributed by atoms with van der Waals surface area (Å²) in [5, 5.41) is 0. The maximum Gasteiger partial charge on any atom is 0.416 e. The zero-order valence-electron chi connectivity index (χ0n) is 13.4. The zero-order chi connectivity index (χ0) is 16.9. The number of aryl methyl sites for hydroxylation is 1. The molecule has 1 aromatic rings. The number of esters is 1. The molecule has 0 bridgehead atoms. The van der Waals surface area contributed by atoms with Crippen LogP contribution in [-0.4, -0.2) is 12.6 Å². The number of alkyl halides is 3. The fourth-order valence-corrected chi connectivity index (χ4v) is 2.91. The summed E-state index contributed by atoms with van der Waals surface area (Å²) in [4.78, 5) is 11.2. The molecule has 2 nitrogen and oxygen atoms in total. The standard InChI is InChI=1S/C18H23F3O2/c1-2-23-17(22)9-4-3-6-13-10-11-15(14-7-5-8-14)16(12-13)18(19,20)21/h10-12,14H,2-9H2,1H3. The molecule has 0 spiro atoms. The molecule has 128 valence electrons. The minimum Gasteiger partial charge on any atom is -0.466 e. The van der Waals surface area contributed by atoms with E-state index in [1.165, 1.54) is 6.07 Å². The largest absolute Gasteiger partial charge is 0.466 e. The average molecular weight is 328 g/mol.